The van der Waals surface area contributed by atoms with Crippen molar-refractivity contribution >= 4 is 49.1 Å². The van der Waals surface area contributed by atoms with Crippen molar-refractivity contribution in [2.45, 2.75) is 5.88 Å². The molecule has 0 aliphatic heterocycles. The largest absolute Gasteiger partial charge is 0.448 e. The molecule has 0 aliphatic rings. The van der Waals surface area contributed by atoms with Crippen molar-refractivity contribution in [1.29, 1.82) is 0 Å². The Labute approximate surface area is 137 Å². The van der Waals surface area contributed by atoms with Gasteiger partial charge in [-0.3, -0.25) is 10.1 Å². The topological polar surface area (TPSA) is 52.4 Å². The van der Waals surface area contributed by atoms with E-state index in [0.717, 1.165) is 5.56 Å². The summed E-state index contributed by atoms with van der Waals surface area (Å²) in [5.74, 6) is 1.03. The van der Waals surface area contributed by atoms with Gasteiger partial charge in [0.05, 0.1) is 13.9 Å². The monoisotopic (exact) mass is 419 g/mol. The van der Waals surface area contributed by atoms with Gasteiger partial charge in [-0.05, 0) is 55.6 Å². The van der Waals surface area contributed by atoms with E-state index >= 15 is 0 Å². The lowest BCUT2D eigenvalue weighted by molar-refractivity contribution is -0.385. The SMILES string of the molecule is O=[N+]([O-])c1cccc(Br)c1Oc1ccc(CCl)cc1Br. The third-order valence-corrected chi connectivity index (χ3v) is 4.06. The fourth-order valence-corrected chi connectivity index (χ4v) is 2.67. The van der Waals surface area contributed by atoms with Crippen LogP contribution in [0.4, 0.5) is 5.69 Å². The van der Waals surface area contributed by atoms with Gasteiger partial charge in [0.1, 0.15) is 5.75 Å². The van der Waals surface area contributed by atoms with Gasteiger partial charge < -0.3 is 4.74 Å². The summed E-state index contributed by atoms with van der Waals surface area (Å²) in [7, 11) is 0. The third-order valence-electron chi connectivity index (χ3n) is 2.51. The molecule has 0 fully saturated rings. The standard InChI is InChI=1S/C13H8Br2ClNO3/c14-9-2-1-3-11(17(18)19)13(9)20-12-5-4-8(7-16)6-10(12)15/h1-6H,7H2. The Morgan fingerprint density at radius 3 is 2.55 bits per heavy atom. The maximum atomic E-state index is 11.0. The number of nitrogens with zero attached hydrogens (tertiary/aromatic N) is 1. The second-order valence-corrected chi connectivity index (χ2v) is 5.82. The van der Waals surface area contributed by atoms with E-state index in [1.165, 1.54) is 6.07 Å². The van der Waals surface area contributed by atoms with Crippen LogP contribution in [-0.2, 0) is 5.88 Å². The first-order valence-electron chi connectivity index (χ1n) is 5.48. The van der Waals surface area contributed by atoms with Crippen molar-refractivity contribution < 1.29 is 9.66 Å². The van der Waals surface area contributed by atoms with Gasteiger partial charge in [-0.2, -0.15) is 0 Å². The molecule has 0 bridgehead atoms. The van der Waals surface area contributed by atoms with E-state index in [0.29, 0.717) is 20.6 Å². The lowest BCUT2D eigenvalue weighted by atomic mass is 10.2. The van der Waals surface area contributed by atoms with E-state index in [9.17, 15) is 10.1 Å². The summed E-state index contributed by atoms with van der Waals surface area (Å²) in [5, 5.41) is 11.0. The molecule has 0 spiro atoms. The minimum atomic E-state index is -0.485. The summed E-state index contributed by atoms with van der Waals surface area (Å²) in [6, 6.07) is 9.98. The van der Waals surface area contributed by atoms with Crippen LogP contribution in [0.3, 0.4) is 0 Å². The molecule has 0 saturated carbocycles. The molecule has 0 aliphatic carbocycles. The predicted molar refractivity (Wildman–Crippen MR) is 84.6 cm³/mol. The van der Waals surface area contributed by atoms with E-state index in [-0.39, 0.29) is 11.4 Å². The molecule has 0 N–H and O–H groups in total. The van der Waals surface area contributed by atoms with Crippen LogP contribution in [0.1, 0.15) is 5.56 Å². The number of nitro benzene ring substituents is 1. The van der Waals surface area contributed by atoms with Gasteiger partial charge in [0, 0.05) is 11.9 Å². The summed E-state index contributed by atoms with van der Waals surface area (Å²) < 4.78 is 6.85. The molecular weight excluding hydrogens is 413 g/mol. The Hall–Kier alpha value is -1.11. The van der Waals surface area contributed by atoms with Gasteiger partial charge in [-0.15, -0.1) is 11.6 Å². The van der Waals surface area contributed by atoms with Crippen molar-refractivity contribution in [3.63, 3.8) is 0 Å². The molecule has 0 saturated heterocycles. The second-order valence-electron chi connectivity index (χ2n) is 3.85. The number of hydrogen-bond donors (Lipinski definition) is 0. The van der Waals surface area contributed by atoms with Gasteiger partial charge in [0.15, 0.2) is 0 Å². The summed E-state index contributed by atoms with van der Waals surface area (Å²) in [5.41, 5.74) is 0.820. The smallest absolute Gasteiger partial charge is 0.312 e. The second kappa shape index (κ2) is 6.56. The highest BCUT2D eigenvalue weighted by molar-refractivity contribution is 9.11. The zero-order valence-electron chi connectivity index (χ0n) is 9.98. The molecule has 0 heterocycles. The summed E-state index contributed by atoms with van der Waals surface area (Å²) in [6.07, 6.45) is 0. The number of benzene rings is 2. The number of nitro groups is 1. The molecule has 0 radical (unpaired) electrons. The van der Waals surface area contributed by atoms with Gasteiger partial charge in [-0.1, -0.05) is 12.1 Å². The van der Waals surface area contributed by atoms with Crippen LogP contribution in [0.5, 0.6) is 11.5 Å². The van der Waals surface area contributed by atoms with Crippen molar-refractivity contribution in [1.82, 2.24) is 0 Å². The van der Waals surface area contributed by atoms with E-state index in [1.807, 2.05) is 6.07 Å². The van der Waals surface area contributed by atoms with Gasteiger partial charge in [0.2, 0.25) is 5.75 Å². The normalized spacial score (nSPS) is 10.3. The average Bonchev–Trinajstić information content (AvgIpc) is 2.42. The van der Waals surface area contributed by atoms with Crippen LogP contribution < -0.4 is 4.74 Å². The maximum absolute atomic E-state index is 11.0. The van der Waals surface area contributed by atoms with Crippen LogP contribution in [-0.4, -0.2) is 4.92 Å². The summed E-state index contributed by atoms with van der Waals surface area (Å²) in [6.45, 7) is 0. The number of halogens is 3. The van der Waals surface area contributed by atoms with E-state index < -0.39 is 4.92 Å². The lowest BCUT2D eigenvalue weighted by Gasteiger charge is -2.10. The number of alkyl halides is 1. The molecule has 2 aromatic rings. The Morgan fingerprint density at radius 1 is 1.20 bits per heavy atom. The summed E-state index contributed by atoms with van der Waals surface area (Å²) in [4.78, 5) is 10.5. The quantitative estimate of drug-likeness (QED) is 0.364. The first-order chi connectivity index (χ1) is 9.52. The van der Waals surface area contributed by atoms with Crippen LogP contribution in [0.15, 0.2) is 45.3 Å². The van der Waals surface area contributed by atoms with Crippen molar-refractivity contribution in [3.8, 4) is 11.5 Å². The number of para-hydroxylation sites is 1. The fraction of sp³-hybridized carbons (Fsp3) is 0.0769. The highest BCUT2D eigenvalue weighted by Crippen LogP contribution is 2.40. The first kappa shape index (κ1) is 15.3. The zero-order chi connectivity index (χ0) is 14.7. The summed E-state index contributed by atoms with van der Waals surface area (Å²) >= 11 is 12.4. The molecule has 0 unspecified atom stereocenters. The van der Waals surface area contributed by atoms with Crippen molar-refractivity contribution in [2.24, 2.45) is 0 Å². The zero-order valence-corrected chi connectivity index (χ0v) is 13.9. The third kappa shape index (κ3) is 3.31. The number of ether oxygens (including phenoxy) is 1. The Bertz CT molecular complexity index is 664. The lowest BCUT2D eigenvalue weighted by Crippen LogP contribution is -1.95. The van der Waals surface area contributed by atoms with Crippen LogP contribution in [0.25, 0.3) is 0 Å². The predicted octanol–water partition coefficient (Wildman–Crippen LogP) is 5.65. The fourth-order valence-electron chi connectivity index (χ4n) is 1.56. The Balaban J connectivity index is 2.42. The average molecular weight is 421 g/mol. The number of hydrogen-bond acceptors (Lipinski definition) is 3. The Morgan fingerprint density at radius 2 is 1.95 bits per heavy atom. The van der Waals surface area contributed by atoms with Crippen LogP contribution in [0, 0.1) is 10.1 Å². The molecule has 7 heteroatoms. The minimum absolute atomic E-state index is 0.104. The molecule has 0 atom stereocenters. The molecule has 2 rings (SSSR count). The highest BCUT2D eigenvalue weighted by atomic mass is 79.9. The maximum Gasteiger partial charge on any atom is 0.312 e. The highest BCUT2D eigenvalue weighted by Gasteiger charge is 2.19. The van der Waals surface area contributed by atoms with Gasteiger partial charge in [0.25, 0.3) is 0 Å². The molecule has 0 amide bonds. The van der Waals surface area contributed by atoms with E-state index in [1.54, 1.807) is 24.3 Å². The van der Waals surface area contributed by atoms with E-state index in [4.69, 9.17) is 16.3 Å². The van der Waals surface area contributed by atoms with Crippen LogP contribution in [0.2, 0.25) is 0 Å². The van der Waals surface area contributed by atoms with Crippen molar-refractivity contribution in [2.75, 3.05) is 0 Å². The molecule has 104 valence electrons. The van der Waals surface area contributed by atoms with Crippen LogP contribution >= 0.6 is 43.5 Å². The number of rotatable bonds is 4. The van der Waals surface area contributed by atoms with Gasteiger partial charge >= 0.3 is 5.69 Å². The van der Waals surface area contributed by atoms with Gasteiger partial charge in [-0.25, -0.2) is 0 Å². The molecular formula is C13H8Br2ClNO3. The first-order valence-corrected chi connectivity index (χ1v) is 7.60. The molecule has 2 aromatic carbocycles. The van der Waals surface area contributed by atoms with Crippen molar-refractivity contribution in [3.05, 3.63) is 61.0 Å². The van der Waals surface area contributed by atoms with E-state index in [2.05, 4.69) is 31.9 Å². The Kier molecular flexibility index (Phi) is 5.01. The molecule has 20 heavy (non-hydrogen) atoms. The molecule has 0 aromatic heterocycles. The minimum Gasteiger partial charge on any atom is -0.448 e. The molecule has 4 nitrogen and oxygen atoms in total.